The molecule has 0 heterocycles. The predicted molar refractivity (Wildman–Crippen MR) is 131 cm³/mol. The Balaban J connectivity index is 0.00000900. The highest BCUT2D eigenvalue weighted by atomic mass is 35.5. The Hall–Kier alpha value is -0.860. The molecule has 0 aromatic heterocycles. The van der Waals surface area contributed by atoms with Gasteiger partial charge in [0.05, 0.1) is 20.5 Å². The van der Waals surface area contributed by atoms with Crippen molar-refractivity contribution in [2.24, 2.45) is 0 Å². The van der Waals surface area contributed by atoms with E-state index >= 15 is 0 Å². The second-order valence-electron chi connectivity index (χ2n) is 9.78. The third kappa shape index (κ3) is 16.4. The number of benzene rings is 1. The van der Waals surface area contributed by atoms with Crippen molar-refractivity contribution in [3.63, 3.8) is 0 Å². The largest absolute Gasteiger partial charge is 1.00 e. The molecular formula is C28H50ClNO. The van der Waals surface area contributed by atoms with Crippen LogP contribution in [0.15, 0.2) is 30.3 Å². The van der Waals surface area contributed by atoms with Gasteiger partial charge in [-0.3, -0.25) is 4.48 Å². The van der Waals surface area contributed by atoms with Crippen LogP contribution < -0.4 is 12.4 Å². The molecular weight excluding hydrogens is 402 g/mol. The summed E-state index contributed by atoms with van der Waals surface area (Å²) in [5.74, 6) is 0.365. The Kier molecular flexibility index (Phi) is 19.2. The molecule has 0 aliphatic rings. The van der Waals surface area contributed by atoms with Gasteiger partial charge in [0, 0.05) is 5.56 Å². The van der Waals surface area contributed by atoms with Gasteiger partial charge in [0.15, 0.2) is 0 Å². The van der Waals surface area contributed by atoms with Gasteiger partial charge in [0.2, 0.25) is 0 Å². The molecule has 1 aromatic carbocycles. The average Bonchev–Trinajstić information content (AvgIpc) is 2.73. The number of hydrogen-bond acceptors (Lipinski definition) is 1. The van der Waals surface area contributed by atoms with E-state index in [2.05, 4.69) is 31.2 Å². The van der Waals surface area contributed by atoms with E-state index in [0.717, 1.165) is 19.4 Å². The number of unbranched alkanes of at least 4 members (excludes halogenated alkanes) is 15. The molecule has 0 aliphatic carbocycles. The van der Waals surface area contributed by atoms with Crippen LogP contribution in [-0.2, 0) is 11.3 Å². The van der Waals surface area contributed by atoms with E-state index in [0.29, 0.717) is 10.4 Å². The van der Waals surface area contributed by atoms with Gasteiger partial charge in [-0.05, 0) is 6.42 Å². The van der Waals surface area contributed by atoms with E-state index in [1.165, 1.54) is 102 Å². The summed E-state index contributed by atoms with van der Waals surface area (Å²) in [6, 6.07) is 10.4. The predicted octanol–water partition coefficient (Wildman–Crippen LogP) is 5.45. The molecule has 1 rings (SSSR count). The van der Waals surface area contributed by atoms with E-state index in [-0.39, 0.29) is 12.4 Å². The molecule has 31 heavy (non-hydrogen) atoms. The number of carbonyl (C=O) groups is 1. The maximum absolute atomic E-state index is 12.6. The summed E-state index contributed by atoms with van der Waals surface area (Å²) in [4.78, 5) is 12.6. The Morgan fingerprint density at radius 2 is 1.03 bits per heavy atom. The molecule has 0 N–H and O–H groups in total. The minimum absolute atomic E-state index is 0. The fraction of sp³-hybridized carbons (Fsp3) is 0.750. The SMILES string of the molecule is CCCCCCCCCCCCCCCCCCC(=O)[N+](C)(C)Cc1ccccc1.[Cl-]. The molecule has 0 bridgehead atoms. The number of halogens is 1. The van der Waals surface area contributed by atoms with Crippen molar-refractivity contribution < 1.29 is 21.7 Å². The Morgan fingerprint density at radius 3 is 1.45 bits per heavy atom. The lowest BCUT2D eigenvalue weighted by Crippen LogP contribution is -3.00. The highest BCUT2D eigenvalue weighted by Crippen LogP contribution is 2.16. The molecule has 0 saturated heterocycles. The maximum atomic E-state index is 12.6. The highest BCUT2D eigenvalue weighted by molar-refractivity contribution is 5.68. The van der Waals surface area contributed by atoms with Crippen LogP contribution in [0.1, 0.15) is 122 Å². The molecule has 0 aliphatic heterocycles. The van der Waals surface area contributed by atoms with Gasteiger partial charge in [-0.1, -0.05) is 134 Å². The van der Waals surface area contributed by atoms with E-state index in [1.807, 2.05) is 20.2 Å². The van der Waals surface area contributed by atoms with Crippen LogP contribution in [-0.4, -0.2) is 24.5 Å². The Morgan fingerprint density at radius 1 is 0.645 bits per heavy atom. The quantitative estimate of drug-likeness (QED) is 0.202. The number of nitrogens with zero attached hydrogens (tertiary/aromatic N) is 1. The summed E-state index contributed by atoms with van der Waals surface area (Å²) in [6.07, 6.45) is 22.7. The zero-order valence-corrected chi connectivity index (χ0v) is 21.6. The normalized spacial score (nSPS) is 11.3. The standard InChI is InChI=1S/C28H50NO.ClH/c1-4-5-6-7-8-9-10-11-12-13-14-15-16-17-18-22-25-28(30)29(2,3)26-27-23-20-19-21-24-27;/h19-21,23-24H,4-18,22,25-26H2,1-3H3;1H/q+1;/p-1. The molecule has 1 aromatic rings. The van der Waals surface area contributed by atoms with Crippen molar-refractivity contribution in [1.82, 2.24) is 0 Å². The monoisotopic (exact) mass is 451 g/mol. The summed E-state index contributed by atoms with van der Waals surface area (Å²) in [7, 11) is 4.09. The molecule has 2 nitrogen and oxygen atoms in total. The smallest absolute Gasteiger partial charge is 0.313 e. The van der Waals surface area contributed by atoms with Crippen LogP contribution in [0.3, 0.4) is 0 Å². The van der Waals surface area contributed by atoms with E-state index in [4.69, 9.17) is 0 Å². The van der Waals surface area contributed by atoms with Crippen molar-refractivity contribution in [2.75, 3.05) is 14.1 Å². The first-order valence-corrected chi connectivity index (χ1v) is 13.0. The lowest BCUT2D eigenvalue weighted by molar-refractivity contribution is -0.828. The second kappa shape index (κ2) is 19.8. The zero-order valence-electron chi connectivity index (χ0n) is 20.8. The molecule has 0 saturated carbocycles. The third-order valence-corrected chi connectivity index (χ3v) is 6.34. The van der Waals surface area contributed by atoms with Gasteiger partial charge in [0.1, 0.15) is 6.54 Å². The summed E-state index contributed by atoms with van der Waals surface area (Å²) in [6.45, 7) is 3.08. The van der Waals surface area contributed by atoms with Crippen LogP contribution in [0.4, 0.5) is 0 Å². The van der Waals surface area contributed by atoms with Crippen LogP contribution in [0, 0.1) is 0 Å². The molecule has 0 fully saturated rings. The molecule has 1 amide bonds. The minimum atomic E-state index is 0. The van der Waals surface area contributed by atoms with Crippen molar-refractivity contribution in [3.05, 3.63) is 35.9 Å². The van der Waals surface area contributed by atoms with Crippen LogP contribution in [0.25, 0.3) is 0 Å². The number of rotatable bonds is 19. The van der Waals surface area contributed by atoms with Crippen molar-refractivity contribution >= 4 is 5.91 Å². The maximum Gasteiger partial charge on any atom is 0.313 e. The van der Waals surface area contributed by atoms with Gasteiger partial charge in [-0.15, -0.1) is 0 Å². The third-order valence-electron chi connectivity index (χ3n) is 6.34. The topological polar surface area (TPSA) is 17.1 Å². The van der Waals surface area contributed by atoms with Gasteiger partial charge in [0.25, 0.3) is 0 Å². The summed E-state index contributed by atoms with van der Waals surface area (Å²) in [5, 5.41) is 0. The number of quaternary nitrogens is 1. The minimum Gasteiger partial charge on any atom is -1.00 e. The van der Waals surface area contributed by atoms with E-state index in [9.17, 15) is 4.79 Å². The highest BCUT2D eigenvalue weighted by Gasteiger charge is 2.25. The van der Waals surface area contributed by atoms with E-state index < -0.39 is 0 Å². The second-order valence-corrected chi connectivity index (χ2v) is 9.78. The van der Waals surface area contributed by atoms with Gasteiger partial charge < -0.3 is 12.4 Å². The number of hydrogen-bond donors (Lipinski definition) is 0. The molecule has 3 heteroatoms. The van der Waals surface area contributed by atoms with Crippen LogP contribution in [0.5, 0.6) is 0 Å². The average molecular weight is 452 g/mol. The van der Waals surface area contributed by atoms with Gasteiger partial charge >= 0.3 is 5.91 Å². The van der Waals surface area contributed by atoms with Crippen LogP contribution >= 0.6 is 0 Å². The first kappa shape index (κ1) is 30.1. The summed E-state index contributed by atoms with van der Waals surface area (Å²) < 4.78 is 0.461. The zero-order chi connectivity index (χ0) is 21.9. The van der Waals surface area contributed by atoms with Gasteiger partial charge in [-0.2, -0.15) is 0 Å². The molecule has 0 unspecified atom stereocenters. The Labute approximate surface area is 200 Å². The first-order chi connectivity index (χ1) is 14.6. The fourth-order valence-electron chi connectivity index (χ4n) is 4.26. The summed E-state index contributed by atoms with van der Waals surface area (Å²) in [5.41, 5.74) is 1.24. The van der Waals surface area contributed by atoms with Crippen molar-refractivity contribution in [1.29, 1.82) is 0 Å². The van der Waals surface area contributed by atoms with Crippen molar-refractivity contribution in [3.8, 4) is 0 Å². The molecule has 0 atom stereocenters. The lowest BCUT2D eigenvalue weighted by atomic mass is 10.0. The van der Waals surface area contributed by atoms with Crippen LogP contribution in [0.2, 0.25) is 0 Å². The van der Waals surface area contributed by atoms with Gasteiger partial charge in [-0.25, -0.2) is 4.79 Å². The number of amides is 1. The lowest BCUT2D eigenvalue weighted by Gasteiger charge is -2.27. The Bertz CT molecular complexity index is 529. The molecule has 180 valence electrons. The fourth-order valence-corrected chi connectivity index (χ4v) is 4.26. The first-order valence-electron chi connectivity index (χ1n) is 13.0. The molecule has 0 radical (unpaired) electrons. The number of carbonyl (C=O) groups excluding carboxylic acids is 1. The van der Waals surface area contributed by atoms with E-state index in [1.54, 1.807) is 0 Å². The van der Waals surface area contributed by atoms with Crippen molar-refractivity contribution in [2.45, 2.75) is 123 Å². The molecule has 0 spiro atoms. The summed E-state index contributed by atoms with van der Waals surface area (Å²) >= 11 is 0.